The maximum atomic E-state index is 12.3. The lowest BCUT2D eigenvalue weighted by Gasteiger charge is -2.27. The monoisotopic (exact) mass is 408 g/mol. The quantitative estimate of drug-likeness (QED) is 0.503. The molecule has 0 saturated carbocycles. The van der Waals surface area contributed by atoms with Crippen molar-refractivity contribution >= 4 is 19.8 Å². The first-order chi connectivity index (χ1) is 13.3. The number of hydrogen-bond donors (Lipinski definition) is 1. The molecule has 2 aromatic rings. The molecule has 1 aliphatic rings. The van der Waals surface area contributed by atoms with Crippen LogP contribution < -0.4 is 15.4 Å². The molecule has 2 aromatic heterocycles. The molecule has 0 atom stereocenters. The van der Waals surface area contributed by atoms with Gasteiger partial charge in [0.05, 0.1) is 19.0 Å². The Bertz CT molecular complexity index is 904. The minimum atomic E-state index is -1.24. The lowest BCUT2D eigenvalue weighted by molar-refractivity contribution is -0.122. The van der Waals surface area contributed by atoms with Crippen molar-refractivity contribution in [3.05, 3.63) is 28.7 Å². The number of carbonyl (C=O) groups excluding carboxylic acids is 1. The van der Waals surface area contributed by atoms with Crippen molar-refractivity contribution in [2.24, 2.45) is 0 Å². The predicted molar refractivity (Wildman–Crippen MR) is 103 cm³/mol. The van der Waals surface area contributed by atoms with Crippen molar-refractivity contribution in [2.45, 2.75) is 32.1 Å². The van der Waals surface area contributed by atoms with Crippen LogP contribution in [0.3, 0.4) is 0 Å². The Labute approximate surface area is 162 Å². The summed E-state index contributed by atoms with van der Waals surface area (Å²) in [7, 11) is -1.24. The molecule has 1 amide bonds. The fraction of sp³-hybridized carbons (Fsp3) is 0.529. The van der Waals surface area contributed by atoms with E-state index in [2.05, 4.69) is 29.6 Å². The Morgan fingerprint density at radius 3 is 2.82 bits per heavy atom. The Hall–Kier alpha value is -2.50. The van der Waals surface area contributed by atoms with Crippen LogP contribution in [0.15, 0.2) is 21.6 Å². The van der Waals surface area contributed by atoms with Gasteiger partial charge >= 0.3 is 5.76 Å². The van der Waals surface area contributed by atoms with Crippen LogP contribution in [0.2, 0.25) is 25.7 Å². The van der Waals surface area contributed by atoms with E-state index >= 15 is 0 Å². The zero-order valence-corrected chi connectivity index (χ0v) is 17.2. The van der Waals surface area contributed by atoms with Crippen molar-refractivity contribution < 1.29 is 23.8 Å². The minimum absolute atomic E-state index is 0.0356. The highest BCUT2D eigenvalue weighted by molar-refractivity contribution is 6.76. The number of carbonyl (C=O) groups is 1. The number of aromatic nitrogens is 3. The molecule has 10 nitrogen and oxygen atoms in total. The van der Waals surface area contributed by atoms with Gasteiger partial charge in [-0.2, -0.15) is 0 Å². The van der Waals surface area contributed by atoms with Crippen molar-refractivity contribution in [3.63, 3.8) is 0 Å². The Morgan fingerprint density at radius 1 is 1.32 bits per heavy atom. The van der Waals surface area contributed by atoms with E-state index in [-0.39, 0.29) is 49.8 Å². The summed E-state index contributed by atoms with van der Waals surface area (Å²) in [5.41, 5.74) is 0. The summed E-state index contributed by atoms with van der Waals surface area (Å²) < 4.78 is 17.2. The van der Waals surface area contributed by atoms with Crippen LogP contribution in [0.25, 0.3) is 5.82 Å². The molecule has 0 radical (unpaired) electrons. The van der Waals surface area contributed by atoms with Gasteiger partial charge in [-0.05, 0) is 6.04 Å². The number of fused-ring (bicyclic) bond motifs is 1. The summed E-state index contributed by atoms with van der Waals surface area (Å²) in [6, 6.07) is 0.974. The summed E-state index contributed by atoms with van der Waals surface area (Å²) >= 11 is 0. The molecule has 0 saturated heterocycles. The number of aliphatic hydroxyl groups excluding tert-OH is 1. The summed E-state index contributed by atoms with van der Waals surface area (Å²) in [4.78, 5) is 34.2. The van der Waals surface area contributed by atoms with Gasteiger partial charge < -0.3 is 19.0 Å². The lowest BCUT2D eigenvalue weighted by Crippen LogP contribution is -2.41. The third-order valence-electron chi connectivity index (χ3n) is 4.11. The van der Waals surface area contributed by atoms with Crippen molar-refractivity contribution in [1.29, 1.82) is 0 Å². The molecule has 0 fully saturated rings. The molecule has 0 spiro atoms. The van der Waals surface area contributed by atoms with E-state index in [9.17, 15) is 9.59 Å². The minimum Gasteiger partial charge on any atom is -0.465 e. The van der Waals surface area contributed by atoms with Crippen LogP contribution >= 0.6 is 0 Å². The number of nitrogens with zero attached hydrogens (tertiary/aromatic N) is 4. The number of aliphatic hydroxyl groups is 1. The highest BCUT2D eigenvalue weighted by Gasteiger charge is 2.29. The van der Waals surface area contributed by atoms with Crippen LogP contribution in [0.1, 0.15) is 5.76 Å². The van der Waals surface area contributed by atoms with Gasteiger partial charge in [0.2, 0.25) is 5.82 Å². The number of ether oxygens (including phenoxy) is 2. The van der Waals surface area contributed by atoms with Crippen molar-refractivity contribution in [3.8, 4) is 11.7 Å². The van der Waals surface area contributed by atoms with Crippen LogP contribution in [-0.2, 0) is 16.0 Å². The molecule has 11 heteroatoms. The predicted octanol–water partition coefficient (Wildman–Crippen LogP) is 0.793. The van der Waals surface area contributed by atoms with Gasteiger partial charge in [-0.1, -0.05) is 19.6 Å². The second-order valence-corrected chi connectivity index (χ2v) is 13.2. The number of amides is 1. The molecule has 3 rings (SSSR count). The molecule has 3 heterocycles. The first-order valence-electron chi connectivity index (χ1n) is 8.99. The molecular formula is C17H24N4O6Si. The summed E-state index contributed by atoms with van der Waals surface area (Å²) in [5.74, 6) is -0.0537. The molecule has 152 valence electrons. The fourth-order valence-corrected chi connectivity index (χ4v) is 3.27. The first kappa shape index (κ1) is 20.2. The third kappa shape index (κ3) is 4.66. The number of rotatable bonds is 8. The zero-order valence-electron chi connectivity index (χ0n) is 16.2. The largest absolute Gasteiger partial charge is 0.465 e. The van der Waals surface area contributed by atoms with Gasteiger partial charge in [0.25, 0.3) is 11.8 Å². The molecule has 0 bridgehead atoms. The van der Waals surface area contributed by atoms with Crippen LogP contribution in [0.4, 0.5) is 5.82 Å². The zero-order chi connectivity index (χ0) is 20.3. The van der Waals surface area contributed by atoms with E-state index in [4.69, 9.17) is 19.0 Å². The topological polar surface area (TPSA) is 120 Å². The third-order valence-corrected chi connectivity index (χ3v) is 5.81. The Kier molecular flexibility index (Phi) is 5.96. The highest BCUT2D eigenvalue weighted by Crippen LogP contribution is 2.28. The average molecular weight is 408 g/mol. The van der Waals surface area contributed by atoms with E-state index in [0.29, 0.717) is 12.4 Å². The van der Waals surface area contributed by atoms with Crippen LogP contribution in [-0.4, -0.2) is 60.2 Å². The van der Waals surface area contributed by atoms with Crippen LogP contribution in [0, 0.1) is 0 Å². The van der Waals surface area contributed by atoms with E-state index in [0.717, 1.165) is 6.04 Å². The van der Waals surface area contributed by atoms with Gasteiger partial charge in [0, 0.05) is 21.1 Å². The molecule has 1 N–H and O–H groups in total. The molecule has 0 aliphatic carbocycles. The van der Waals surface area contributed by atoms with E-state index in [1.165, 1.54) is 21.9 Å². The van der Waals surface area contributed by atoms with E-state index < -0.39 is 13.8 Å². The Balaban J connectivity index is 1.82. The standard InChI is InChI=1S/C17H24N4O6Si/c1-28(2,3)7-6-25-11-21-14(23)10-26-16-15(21)19-13(8-18-16)20-9-12(4-5-22)27-17(20)24/h8-9,22H,4-7,10-11H2,1-3H3. The lowest BCUT2D eigenvalue weighted by atomic mass is 10.4. The number of hydrogen-bond acceptors (Lipinski definition) is 8. The normalized spacial score (nSPS) is 14.1. The van der Waals surface area contributed by atoms with Crippen molar-refractivity contribution in [1.82, 2.24) is 14.5 Å². The smallest absolute Gasteiger partial charge is 0.425 e. The number of anilines is 1. The van der Waals surface area contributed by atoms with Crippen molar-refractivity contribution in [2.75, 3.05) is 31.5 Å². The van der Waals surface area contributed by atoms with Gasteiger partial charge in [-0.15, -0.1) is 0 Å². The molecule has 1 aliphatic heterocycles. The second kappa shape index (κ2) is 8.25. The Morgan fingerprint density at radius 2 is 2.11 bits per heavy atom. The average Bonchev–Trinajstić information content (AvgIpc) is 2.99. The number of oxazole rings is 1. The molecule has 28 heavy (non-hydrogen) atoms. The summed E-state index contributed by atoms with van der Waals surface area (Å²) in [6.45, 7) is 7.03. The maximum Gasteiger partial charge on any atom is 0.425 e. The van der Waals surface area contributed by atoms with E-state index in [1.54, 1.807) is 0 Å². The summed E-state index contributed by atoms with van der Waals surface area (Å²) in [6.07, 6.45) is 3.01. The maximum absolute atomic E-state index is 12.3. The van der Waals surface area contributed by atoms with Gasteiger partial charge in [-0.25, -0.2) is 19.3 Å². The highest BCUT2D eigenvalue weighted by atomic mass is 28.3. The molecular weight excluding hydrogens is 384 g/mol. The second-order valence-electron chi connectivity index (χ2n) is 7.62. The molecule has 0 unspecified atom stereocenters. The fourth-order valence-electron chi connectivity index (χ4n) is 2.52. The van der Waals surface area contributed by atoms with E-state index in [1.807, 2.05) is 0 Å². The van der Waals surface area contributed by atoms with Gasteiger partial charge in [0.15, 0.2) is 12.4 Å². The molecule has 0 aromatic carbocycles. The summed E-state index contributed by atoms with van der Waals surface area (Å²) in [5, 5.41) is 8.99. The SMILES string of the molecule is C[Si](C)(C)CCOCN1C(=O)COc2ncc(-n3cc(CCO)oc3=O)nc21. The van der Waals surface area contributed by atoms with Gasteiger partial charge in [0.1, 0.15) is 12.5 Å². The van der Waals surface area contributed by atoms with Gasteiger partial charge in [-0.3, -0.25) is 9.69 Å². The first-order valence-corrected chi connectivity index (χ1v) is 12.7. The van der Waals surface area contributed by atoms with Crippen LogP contribution in [0.5, 0.6) is 5.88 Å².